The van der Waals surface area contributed by atoms with Crippen molar-refractivity contribution in [2.45, 2.75) is 25.9 Å². The second-order valence-corrected chi connectivity index (χ2v) is 9.02. The summed E-state index contributed by atoms with van der Waals surface area (Å²) in [7, 11) is 0. The van der Waals surface area contributed by atoms with Crippen molar-refractivity contribution in [1.29, 1.82) is 0 Å². The van der Waals surface area contributed by atoms with Crippen LogP contribution in [0.4, 0.5) is 11.8 Å². The monoisotopic (exact) mass is 487 g/mol. The van der Waals surface area contributed by atoms with Crippen molar-refractivity contribution < 1.29 is 4.79 Å². The Morgan fingerprint density at radius 1 is 0.971 bits per heavy atom. The van der Waals surface area contributed by atoms with E-state index < -0.39 is 0 Å². The molecule has 0 aliphatic carbocycles. The van der Waals surface area contributed by atoms with Gasteiger partial charge in [-0.25, -0.2) is 15.0 Å². The van der Waals surface area contributed by atoms with Gasteiger partial charge >= 0.3 is 0 Å². The van der Waals surface area contributed by atoms with Crippen molar-refractivity contribution in [3.63, 3.8) is 0 Å². The van der Waals surface area contributed by atoms with Gasteiger partial charge in [-0.05, 0) is 48.2 Å². The third-order valence-corrected chi connectivity index (χ3v) is 6.46. The number of nitrogens with one attached hydrogen (secondary N) is 2. The minimum Gasteiger partial charge on any atom is -0.356 e. The Morgan fingerprint density at radius 2 is 1.80 bits per heavy atom. The third kappa shape index (κ3) is 5.66. The minimum atomic E-state index is -0.00202. The van der Waals surface area contributed by atoms with Crippen molar-refractivity contribution in [2.75, 3.05) is 23.3 Å². The summed E-state index contributed by atoms with van der Waals surface area (Å²) in [6.07, 6.45) is 8.65. The number of carbonyl (C=O) groups is 1. The lowest BCUT2D eigenvalue weighted by atomic mass is 9.95. The van der Waals surface area contributed by atoms with Gasteiger partial charge in [0.25, 0.3) is 0 Å². The van der Waals surface area contributed by atoms with Crippen LogP contribution < -0.4 is 15.5 Å². The molecule has 1 aromatic carbocycles. The molecule has 0 saturated carbocycles. The molecule has 4 aromatic rings. The number of hydrogen-bond donors (Lipinski definition) is 2. The number of benzene rings is 1. The number of rotatable bonds is 7. The van der Waals surface area contributed by atoms with Crippen LogP contribution >= 0.6 is 11.6 Å². The van der Waals surface area contributed by atoms with Gasteiger partial charge in [0.15, 0.2) is 0 Å². The number of carbonyl (C=O) groups excluding carboxylic acids is 1. The van der Waals surface area contributed by atoms with E-state index in [1.54, 1.807) is 18.6 Å². The van der Waals surface area contributed by atoms with E-state index in [0.29, 0.717) is 24.1 Å². The number of anilines is 2. The average Bonchev–Trinajstić information content (AvgIpc) is 2.91. The first-order valence-corrected chi connectivity index (χ1v) is 12.0. The fraction of sp³-hybridized carbons (Fsp3) is 0.269. The van der Waals surface area contributed by atoms with Gasteiger partial charge in [0.1, 0.15) is 5.82 Å². The fourth-order valence-corrected chi connectivity index (χ4v) is 4.38. The van der Waals surface area contributed by atoms with Gasteiger partial charge in [0.2, 0.25) is 11.9 Å². The Morgan fingerprint density at radius 3 is 2.57 bits per heavy atom. The van der Waals surface area contributed by atoms with E-state index in [1.807, 2.05) is 48.7 Å². The van der Waals surface area contributed by atoms with Crippen molar-refractivity contribution in [3.8, 4) is 0 Å². The zero-order valence-corrected chi connectivity index (χ0v) is 19.9. The van der Waals surface area contributed by atoms with Crippen LogP contribution in [0.5, 0.6) is 0 Å². The Hall–Kier alpha value is -3.78. The van der Waals surface area contributed by atoms with Crippen LogP contribution in [-0.2, 0) is 17.9 Å². The molecule has 0 bridgehead atoms. The van der Waals surface area contributed by atoms with Crippen LogP contribution in [0.1, 0.15) is 24.0 Å². The van der Waals surface area contributed by atoms with Gasteiger partial charge in [0, 0.05) is 61.9 Å². The van der Waals surface area contributed by atoms with E-state index >= 15 is 0 Å². The summed E-state index contributed by atoms with van der Waals surface area (Å²) in [6, 6.07) is 13.4. The predicted octanol–water partition coefficient (Wildman–Crippen LogP) is 4.22. The van der Waals surface area contributed by atoms with E-state index in [4.69, 9.17) is 11.6 Å². The number of amides is 1. The lowest BCUT2D eigenvalue weighted by Crippen LogP contribution is -2.40. The summed E-state index contributed by atoms with van der Waals surface area (Å²) in [5, 5.41) is 7.92. The zero-order valence-electron chi connectivity index (χ0n) is 19.2. The highest BCUT2D eigenvalue weighted by molar-refractivity contribution is 6.30. The number of aromatic nitrogens is 4. The molecule has 1 saturated heterocycles. The summed E-state index contributed by atoms with van der Waals surface area (Å²) in [6.45, 7) is 2.63. The number of fused-ring (bicyclic) bond motifs is 1. The summed E-state index contributed by atoms with van der Waals surface area (Å²) in [5.74, 6) is 1.52. The molecule has 9 heteroatoms. The number of hydrogen-bond acceptors (Lipinski definition) is 7. The second kappa shape index (κ2) is 10.7. The van der Waals surface area contributed by atoms with E-state index in [1.165, 1.54) is 0 Å². The standard InChI is InChI=1S/C26H26ClN7O/c27-21-5-3-18(4-6-21)15-31-26-32-17-22-23(33-26)7-11-29-24(22)34-12-8-20(9-13-34)25(35)30-16-19-2-1-10-28-14-19/h1-7,10-11,14,17,20H,8-9,12-13,15-16H2,(H,30,35)(H,31,32,33). The molecule has 0 spiro atoms. The van der Waals surface area contributed by atoms with E-state index in [9.17, 15) is 4.79 Å². The number of nitrogens with zero attached hydrogens (tertiary/aromatic N) is 5. The van der Waals surface area contributed by atoms with Gasteiger partial charge in [0.05, 0.1) is 10.9 Å². The smallest absolute Gasteiger partial charge is 0.223 e. The Kier molecular flexibility index (Phi) is 6.99. The molecule has 8 nitrogen and oxygen atoms in total. The molecule has 3 aromatic heterocycles. The van der Waals surface area contributed by atoms with Crippen LogP contribution in [0.25, 0.3) is 10.9 Å². The molecule has 4 heterocycles. The molecule has 5 rings (SSSR count). The predicted molar refractivity (Wildman–Crippen MR) is 137 cm³/mol. The van der Waals surface area contributed by atoms with Crippen molar-refractivity contribution in [2.24, 2.45) is 5.92 Å². The van der Waals surface area contributed by atoms with Crippen LogP contribution in [0, 0.1) is 5.92 Å². The van der Waals surface area contributed by atoms with Gasteiger partial charge in [-0.3, -0.25) is 9.78 Å². The summed E-state index contributed by atoms with van der Waals surface area (Å²) in [4.78, 5) is 32.8. The molecule has 1 aliphatic rings. The first-order valence-electron chi connectivity index (χ1n) is 11.7. The summed E-state index contributed by atoms with van der Waals surface area (Å²) >= 11 is 5.96. The van der Waals surface area contributed by atoms with Gasteiger partial charge < -0.3 is 15.5 Å². The van der Waals surface area contributed by atoms with Crippen molar-refractivity contribution >= 4 is 40.2 Å². The maximum atomic E-state index is 12.6. The lowest BCUT2D eigenvalue weighted by Gasteiger charge is -2.32. The Bertz CT molecular complexity index is 1290. The first-order chi connectivity index (χ1) is 17.2. The average molecular weight is 488 g/mol. The van der Waals surface area contributed by atoms with Crippen LogP contribution in [0.15, 0.2) is 67.3 Å². The molecule has 35 heavy (non-hydrogen) atoms. The molecule has 0 radical (unpaired) electrons. The highest BCUT2D eigenvalue weighted by Crippen LogP contribution is 2.28. The maximum Gasteiger partial charge on any atom is 0.223 e. The summed E-state index contributed by atoms with van der Waals surface area (Å²) in [5.41, 5.74) is 2.93. The largest absolute Gasteiger partial charge is 0.356 e. The van der Waals surface area contributed by atoms with Gasteiger partial charge in [-0.1, -0.05) is 29.8 Å². The number of piperidine rings is 1. The quantitative estimate of drug-likeness (QED) is 0.403. The molecular formula is C26H26ClN7O. The summed E-state index contributed by atoms with van der Waals surface area (Å²) < 4.78 is 0. The molecule has 0 unspecified atom stereocenters. The lowest BCUT2D eigenvalue weighted by molar-refractivity contribution is -0.125. The van der Waals surface area contributed by atoms with Gasteiger partial charge in [-0.2, -0.15) is 0 Å². The first kappa shape index (κ1) is 23.0. The normalized spacial score (nSPS) is 14.1. The topological polar surface area (TPSA) is 95.9 Å². The van der Waals surface area contributed by atoms with Crippen molar-refractivity contribution in [3.05, 3.63) is 83.4 Å². The second-order valence-electron chi connectivity index (χ2n) is 8.58. The number of pyridine rings is 2. The molecule has 178 valence electrons. The number of halogens is 1. The van der Waals surface area contributed by atoms with E-state index in [-0.39, 0.29) is 11.8 Å². The fourth-order valence-electron chi connectivity index (χ4n) is 4.25. The van der Waals surface area contributed by atoms with Crippen LogP contribution in [0.3, 0.4) is 0 Å². The molecule has 1 aliphatic heterocycles. The Balaban J connectivity index is 1.20. The third-order valence-electron chi connectivity index (χ3n) is 6.21. The molecule has 0 atom stereocenters. The molecule has 2 N–H and O–H groups in total. The maximum absolute atomic E-state index is 12.6. The SMILES string of the molecule is O=C(NCc1cccnc1)C1CCN(c2nccc3nc(NCc4ccc(Cl)cc4)ncc23)CC1. The van der Waals surface area contributed by atoms with Crippen molar-refractivity contribution in [1.82, 2.24) is 25.3 Å². The van der Waals surface area contributed by atoms with Gasteiger partial charge in [-0.15, -0.1) is 0 Å². The molecule has 1 amide bonds. The molecular weight excluding hydrogens is 462 g/mol. The minimum absolute atomic E-state index is 0.00202. The highest BCUT2D eigenvalue weighted by Gasteiger charge is 2.26. The van der Waals surface area contributed by atoms with E-state index in [2.05, 4.69) is 35.5 Å². The van der Waals surface area contributed by atoms with Crippen LogP contribution in [0.2, 0.25) is 5.02 Å². The highest BCUT2D eigenvalue weighted by atomic mass is 35.5. The molecule has 1 fully saturated rings. The Labute approximate surface area is 208 Å². The van der Waals surface area contributed by atoms with Crippen LogP contribution in [-0.4, -0.2) is 38.9 Å². The van der Waals surface area contributed by atoms with E-state index in [0.717, 1.165) is 53.8 Å². The zero-order chi connectivity index (χ0) is 24.0.